The van der Waals surface area contributed by atoms with Crippen LogP contribution in [0, 0.1) is 0 Å². The zero-order valence-corrected chi connectivity index (χ0v) is 11.4. The van der Waals surface area contributed by atoms with Crippen LogP contribution in [0.25, 0.3) is 0 Å². The molecule has 0 unspecified atom stereocenters. The van der Waals surface area contributed by atoms with Gasteiger partial charge >= 0.3 is 0 Å². The largest absolute Gasteiger partial charge is 0.317 e. The summed E-state index contributed by atoms with van der Waals surface area (Å²) in [5, 5.41) is 3.48. The zero-order valence-electron chi connectivity index (χ0n) is 9.41. The lowest BCUT2D eigenvalue weighted by Gasteiger charge is -2.58. The minimum atomic E-state index is -0.960. The lowest BCUT2D eigenvalue weighted by atomic mass is 10.3. The molecule has 1 heterocycles. The molecule has 0 spiro atoms. The van der Waals surface area contributed by atoms with Crippen LogP contribution in [-0.2, 0) is 0 Å². The molecule has 1 fully saturated rings. The minimum absolute atomic E-state index is 0.764. The van der Waals surface area contributed by atoms with Gasteiger partial charge in [-0.15, -0.1) is 0 Å². The van der Waals surface area contributed by atoms with Crippen molar-refractivity contribution in [3.05, 3.63) is 0 Å². The van der Waals surface area contributed by atoms with E-state index >= 15 is 0 Å². The van der Waals surface area contributed by atoms with Crippen LogP contribution in [0.1, 0.15) is 0 Å². The van der Waals surface area contributed by atoms with E-state index < -0.39 is 16.1 Å². The van der Waals surface area contributed by atoms with Crippen LogP contribution in [0.2, 0.25) is 43.9 Å². The molecule has 72 valence electrons. The SMILES string of the molecule is C[Si](C)(C)C1([Si](C)(C)C)CNC1. The van der Waals surface area contributed by atoms with E-state index in [2.05, 4.69) is 44.6 Å². The van der Waals surface area contributed by atoms with Crippen molar-refractivity contribution >= 4 is 16.1 Å². The van der Waals surface area contributed by atoms with Crippen LogP contribution in [0.4, 0.5) is 0 Å². The average molecular weight is 201 g/mol. The summed E-state index contributed by atoms with van der Waals surface area (Å²) in [6.45, 7) is 17.8. The van der Waals surface area contributed by atoms with E-state index in [1.165, 1.54) is 13.1 Å². The summed E-state index contributed by atoms with van der Waals surface area (Å²) < 4.78 is 0.764. The van der Waals surface area contributed by atoms with Crippen LogP contribution in [0.3, 0.4) is 0 Å². The van der Waals surface area contributed by atoms with E-state index in [0.717, 1.165) is 4.66 Å². The third-order valence-corrected chi connectivity index (χ3v) is 14.7. The van der Waals surface area contributed by atoms with E-state index in [0.29, 0.717) is 0 Å². The Hall–Kier alpha value is 0.394. The van der Waals surface area contributed by atoms with E-state index in [1.807, 2.05) is 0 Å². The standard InChI is InChI=1S/C9H23NSi2/c1-11(2,3)9(7-10-8-9)12(4,5)6/h10H,7-8H2,1-6H3. The molecule has 1 aliphatic heterocycles. The van der Waals surface area contributed by atoms with E-state index in [9.17, 15) is 0 Å². The Morgan fingerprint density at radius 2 is 1.17 bits per heavy atom. The fourth-order valence-corrected chi connectivity index (χ4v) is 14.2. The topological polar surface area (TPSA) is 12.0 Å². The van der Waals surface area contributed by atoms with Crippen molar-refractivity contribution in [3.63, 3.8) is 0 Å². The third-order valence-electron chi connectivity index (χ3n) is 3.72. The van der Waals surface area contributed by atoms with Gasteiger partial charge in [0.2, 0.25) is 0 Å². The van der Waals surface area contributed by atoms with E-state index in [4.69, 9.17) is 0 Å². The van der Waals surface area contributed by atoms with Crippen LogP contribution in [-0.4, -0.2) is 29.2 Å². The summed E-state index contributed by atoms with van der Waals surface area (Å²) in [7, 11) is -1.92. The van der Waals surface area contributed by atoms with Gasteiger partial charge < -0.3 is 5.32 Å². The lowest BCUT2D eigenvalue weighted by Crippen LogP contribution is -2.69. The molecule has 0 saturated carbocycles. The van der Waals surface area contributed by atoms with Gasteiger partial charge in [-0.25, -0.2) is 0 Å². The lowest BCUT2D eigenvalue weighted by molar-refractivity contribution is 0.448. The fourth-order valence-electron chi connectivity index (χ4n) is 2.56. The molecule has 0 bridgehead atoms. The second-order valence-electron chi connectivity index (χ2n) is 6.19. The molecule has 0 amide bonds. The van der Waals surface area contributed by atoms with Crippen molar-refractivity contribution in [3.8, 4) is 0 Å². The van der Waals surface area contributed by atoms with Crippen LogP contribution in [0.5, 0.6) is 0 Å². The normalized spacial score (nSPS) is 23.5. The molecule has 0 atom stereocenters. The maximum atomic E-state index is 3.48. The molecule has 0 radical (unpaired) electrons. The molecule has 1 nitrogen and oxygen atoms in total. The molecule has 0 aromatic carbocycles. The first-order valence-electron chi connectivity index (χ1n) is 4.91. The van der Waals surface area contributed by atoms with Gasteiger partial charge in [0, 0.05) is 0 Å². The monoisotopic (exact) mass is 201 g/mol. The van der Waals surface area contributed by atoms with Crippen molar-refractivity contribution < 1.29 is 0 Å². The second-order valence-corrected chi connectivity index (χ2v) is 17.6. The summed E-state index contributed by atoms with van der Waals surface area (Å²) in [4.78, 5) is 0. The number of rotatable bonds is 2. The van der Waals surface area contributed by atoms with Gasteiger partial charge in [-0.3, -0.25) is 0 Å². The van der Waals surface area contributed by atoms with Crippen LogP contribution < -0.4 is 5.32 Å². The molecule has 0 aromatic heterocycles. The Morgan fingerprint density at radius 1 is 0.833 bits per heavy atom. The maximum absolute atomic E-state index is 3.48. The molecule has 1 rings (SSSR count). The Kier molecular flexibility index (Phi) is 2.35. The highest BCUT2D eigenvalue weighted by Gasteiger charge is 2.55. The van der Waals surface area contributed by atoms with Gasteiger partial charge in [0.05, 0.1) is 16.1 Å². The molecule has 1 aliphatic rings. The van der Waals surface area contributed by atoms with Crippen molar-refractivity contribution in [1.82, 2.24) is 5.32 Å². The summed E-state index contributed by atoms with van der Waals surface area (Å²) in [5.41, 5.74) is 0. The molecule has 1 saturated heterocycles. The predicted molar refractivity (Wildman–Crippen MR) is 62.3 cm³/mol. The smallest absolute Gasteiger partial charge is 0.0509 e. The second kappa shape index (κ2) is 2.69. The molecule has 1 N–H and O–H groups in total. The third kappa shape index (κ3) is 1.32. The van der Waals surface area contributed by atoms with Crippen molar-refractivity contribution in [2.24, 2.45) is 0 Å². The molecule has 12 heavy (non-hydrogen) atoms. The number of nitrogens with one attached hydrogen (secondary N) is 1. The number of hydrogen-bond donors (Lipinski definition) is 1. The highest BCUT2D eigenvalue weighted by atomic mass is 28.4. The van der Waals surface area contributed by atoms with Crippen LogP contribution in [0.15, 0.2) is 0 Å². The highest BCUT2D eigenvalue weighted by molar-refractivity contribution is 6.99. The van der Waals surface area contributed by atoms with Gasteiger partial charge in [0.25, 0.3) is 0 Å². The fraction of sp³-hybridized carbons (Fsp3) is 1.00. The molecule has 0 aromatic rings. The van der Waals surface area contributed by atoms with Crippen molar-refractivity contribution in [1.29, 1.82) is 0 Å². The van der Waals surface area contributed by atoms with Crippen molar-refractivity contribution in [2.45, 2.75) is 43.9 Å². The highest BCUT2D eigenvalue weighted by Crippen LogP contribution is 2.49. The molecule has 0 aliphatic carbocycles. The number of hydrogen-bond acceptors (Lipinski definition) is 1. The molecular formula is C9H23NSi2. The van der Waals surface area contributed by atoms with Gasteiger partial charge in [-0.05, 0) is 17.8 Å². The Morgan fingerprint density at radius 3 is 1.17 bits per heavy atom. The predicted octanol–water partition coefficient (Wildman–Crippen LogP) is 2.55. The molecule has 3 heteroatoms. The van der Waals surface area contributed by atoms with Gasteiger partial charge in [-0.2, -0.15) is 0 Å². The van der Waals surface area contributed by atoms with Gasteiger partial charge in [0.15, 0.2) is 0 Å². The van der Waals surface area contributed by atoms with Gasteiger partial charge in [-0.1, -0.05) is 39.3 Å². The van der Waals surface area contributed by atoms with E-state index in [1.54, 1.807) is 0 Å². The summed E-state index contributed by atoms with van der Waals surface area (Å²) in [6.07, 6.45) is 0. The van der Waals surface area contributed by atoms with E-state index in [-0.39, 0.29) is 0 Å². The Balaban J connectivity index is 2.92. The van der Waals surface area contributed by atoms with Gasteiger partial charge in [0.1, 0.15) is 0 Å². The van der Waals surface area contributed by atoms with Crippen molar-refractivity contribution in [2.75, 3.05) is 13.1 Å². The first kappa shape index (κ1) is 10.5. The average Bonchev–Trinajstić information content (AvgIpc) is 1.47. The summed E-state index contributed by atoms with van der Waals surface area (Å²) in [6, 6.07) is 0. The first-order chi connectivity index (χ1) is 5.21. The summed E-state index contributed by atoms with van der Waals surface area (Å²) >= 11 is 0. The zero-order chi connectivity index (χ0) is 9.62. The first-order valence-corrected chi connectivity index (χ1v) is 11.9. The maximum Gasteiger partial charge on any atom is 0.0509 e. The minimum Gasteiger partial charge on any atom is -0.317 e. The Labute approximate surface area is 79.0 Å². The van der Waals surface area contributed by atoms with Crippen LogP contribution >= 0.6 is 0 Å². The summed E-state index contributed by atoms with van der Waals surface area (Å²) in [5.74, 6) is 0. The Bertz CT molecular complexity index is 156. The molecular weight excluding hydrogens is 178 g/mol. The quantitative estimate of drug-likeness (QED) is 0.677.